The van der Waals surface area contributed by atoms with Crippen molar-refractivity contribution in [2.45, 2.75) is 78.6 Å². The number of nitrogens with zero attached hydrogens (tertiary/aromatic N) is 2. The number of fused-ring (bicyclic) bond motifs is 3. The van der Waals surface area contributed by atoms with Gasteiger partial charge in [0.1, 0.15) is 0 Å². The summed E-state index contributed by atoms with van der Waals surface area (Å²) < 4.78 is 0. The zero-order valence-electron chi connectivity index (χ0n) is 28.0. The maximum atomic E-state index is 4.56. The monoisotopic (exact) mass is 769 g/mol. The minimum Gasteiger partial charge on any atom is -0.305 e. The summed E-state index contributed by atoms with van der Waals surface area (Å²) in [5.74, 6) is 0. The van der Waals surface area contributed by atoms with Crippen LogP contribution in [0.2, 0.25) is 0 Å². The minimum absolute atomic E-state index is 0. The van der Waals surface area contributed by atoms with Crippen molar-refractivity contribution in [2.75, 3.05) is 0 Å². The second-order valence-electron chi connectivity index (χ2n) is 14.7. The molecule has 6 rings (SSSR count). The second-order valence-corrected chi connectivity index (χ2v) is 14.7. The van der Waals surface area contributed by atoms with Gasteiger partial charge in [0.15, 0.2) is 0 Å². The molecule has 0 atom stereocenters. The predicted molar refractivity (Wildman–Crippen MR) is 188 cm³/mol. The predicted octanol–water partition coefficient (Wildman–Crippen LogP) is 11.3. The van der Waals surface area contributed by atoms with Crippen molar-refractivity contribution in [2.24, 2.45) is 0 Å². The summed E-state index contributed by atoms with van der Waals surface area (Å²) in [5, 5.41) is 5.00. The Morgan fingerprint density at radius 2 is 1.00 bits per heavy atom. The first-order valence-electron chi connectivity index (χ1n) is 15.5. The molecule has 0 saturated heterocycles. The van der Waals surface area contributed by atoms with E-state index in [1.807, 2.05) is 18.5 Å². The molecule has 0 unspecified atom stereocenters. The summed E-state index contributed by atoms with van der Waals surface area (Å²) in [4.78, 5) is 9.08. The molecule has 2 heterocycles. The van der Waals surface area contributed by atoms with E-state index in [9.17, 15) is 0 Å². The third-order valence-corrected chi connectivity index (χ3v) is 8.15. The number of hydrogen-bond acceptors (Lipinski definition) is 2. The van der Waals surface area contributed by atoms with Gasteiger partial charge in [-0.15, -0.1) is 64.5 Å². The van der Waals surface area contributed by atoms with E-state index >= 15 is 0 Å². The van der Waals surface area contributed by atoms with Gasteiger partial charge in [-0.25, -0.2) is 0 Å². The third kappa shape index (κ3) is 8.15. The van der Waals surface area contributed by atoms with Crippen LogP contribution in [-0.2, 0) is 36.4 Å². The van der Waals surface area contributed by atoms with Crippen LogP contribution in [0.15, 0.2) is 103 Å². The van der Waals surface area contributed by atoms with E-state index in [2.05, 4.69) is 169 Å². The van der Waals surface area contributed by atoms with Crippen molar-refractivity contribution < 1.29 is 20.1 Å². The number of aromatic nitrogens is 2. The van der Waals surface area contributed by atoms with Gasteiger partial charge in [0.25, 0.3) is 0 Å². The van der Waals surface area contributed by atoms with Crippen molar-refractivity contribution >= 4 is 21.5 Å². The van der Waals surface area contributed by atoms with Crippen LogP contribution in [0.3, 0.4) is 0 Å². The molecule has 0 aliphatic carbocycles. The van der Waals surface area contributed by atoms with Crippen LogP contribution >= 0.6 is 0 Å². The van der Waals surface area contributed by atoms with Crippen LogP contribution in [0.25, 0.3) is 44.1 Å². The van der Waals surface area contributed by atoms with Crippen molar-refractivity contribution in [3.05, 3.63) is 132 Å². The topological polar surface area (TPSA) is 25.8 Å². The Bertz CT molecular complexity index is 1860. The van der Waals surface area contributed by atoms with Crippen molar-refractivity contribution in [1.82, 2.24) is 9.97 Å². The van der Waals surface area contributed by atoms with Crippen LogP contribution in [0.5, 0.6) is 0 Å². The molecule has 2 nitrogen and oxygen atoms in total. The molecule has 0 fully saturated rings. The fourth-order valence-electron chi connectivity index (χ4n) is 5.26. The van der Waals surface area contributed by atoms with E-state index in [0.717, 1.165) is 22.5 Å². The molecule has 0 aliphatic rings. The Labute approximate surface area is 283 Å². The van der Waals surface area contributed by atoms with Gasteiger partial charge in [-0.3, -0.25) is 0 Å². The van der Waals surface area contributed by atoms with E-state index in [4.69, 9.17) is 0 Å². The SMILES string of the molecule is CC(C)(C)c1cc[c-]c(-c2cc(C(C)(C)C)ccn2)c1.CC(C)(C)c1ccnc(-c2[c-]cc3c(ccc4ccccc43)c2)c1.[Ir]. The smallest absolute Gasteiger partial charge is 0.0163 e. The van der Waals surface area contributed by atoms with Crippen LogP contribution in [0.4, 0.5) is 0 Å². The normalized spacial score (nSPS) is 11.9. The number of pyridine rings is 2. The Morgan fingerprint density at radius 3 is 1.58 bits per heavy atom. The molecule has 6 aromatic rings. The summed E-state index contributed by atoms with van der Waals surface area (Å²) >= 11 is 0. The molecule has 2 aromatic heterocycles. The van der Waals surface area contributed by atoms with E-state index in [0.29, 0.717) is 0 Å². The average molecular weight is 769 g/mol. The largest absolute Gasteiger partial charge is 0.305 e. The van der Waals surface area contributed by atoms with E-state index in [-0.39, 0.29) is 36.4 Å². The fraction of sp³-hybridized carbons (Fsp3) is 0.286. The van der Waals surface area contributed by atoms with Crippen LogP contribution in [0, 0.1) is 12.1 Å². The van der Waals surface area contributed by atoms with Crippen molar-refractivity contribution in [3.63, 3.8) is 0 Å². The number of rotatable bonds is 2. The molecular weight excluding hydrogens is 725 g/mol. The maximum absolute atomic E-state index is 4.56. The van der Waals surface area contributed by atoms with Crippen LogP contribution in [-0.4, -0.2) is 9.97 Å². The van der Waals surface area contributed by atoms with Gasteiger partial charge >= 0.3 is 0 Å². The minimum atomic E-state index is 0. The fourth-order valence-corrected chi connectivity index (χ4v) is 5.26. The zero-order valence-corrected chi connectivity index (χ0v) is 30.4. The Kier molecular flexibility index (Phi) is 10.2. The summed E-state index contributed by atoms with van der Waals surface area (Å²) in [6.45, 7) is 20.0. The molecule has 0 bridgehead atoms. The van der Waals surface area contributed by atoms with Crippen molar-refractivity contribution in [1.29, 1.82) is 0 Å². The number of hydrogen-bond donors (Lipinski definition) is 0. The first-order valence-corrected chi connectivity index (χ1v) is 15.5. The molecular formula is C42H44IrN2-2. The Morgan fingerprint density at radius 1 is 0.489 bits per heavy atom. The second kappa shape index (κ2) is 13.4. The summed E-state index contributed by atoms with van der Waals surface area (Å²) in [7, 11) is 0. The van der Waals surface area contributed by atoms with Gasteiger partial charge in [0, 0.05) is 32.5 Å². The molecule has 4 aromatic carbocycles. The summed E-state index contributed by atoms with van der Waals surface area (Å²) in [5.41, 5.74) is 8.41. The molecule has 0 saturated carbocycles. The van der Waals surface area contributed by atoms with Crippen molar-refractivity contribution in [3.8, 4) is 22.5 Å². The third-order valence-electron chi connectivity index (χ3n) is 8.15. The summed E-state index contributed by atoms with van der Waals surface area (Å²) in [6, 6.07) is 38.8. The molecule has 45 heavy (non-hydrogen) atoms. The standard InChI is InChI=1S/C23H20N.C19H24N.Ir/c1-23(2,3)19-12-13-24-22(15-19)18-10-11-21-17(14-18)9-8-16-6-4-5-7-20(16)21;1-18(2,3)15-9-7-8-14(12-15)17-13-16(10-11-20-17)19(4,5)6;/h4-9,11-15H,1-3H3;7,9-13H,1-6H3;/q2*-1;. The summed E-state index contributed by atoms with van der Waals surface area (Å²) in [6.07, 6.45) is 3.79. The molecule has 0 N–H and O–H groups in total. The van der Waals surface area contributed by atoms with E-state index in [1.165, 1.54) is 38.2 Å². The molecule has 0 amide bonds. The average Bonchev–Trinajstić information content (AvgIpc) is 3.00. The molecule has 1 radical (unpaired) electrons. The maximum Gasteiger partial charge on any atom is 0.0163 e. The Hall–Kier alpha value is -3.65. The van der Waals surface area contributed by atoms with E-state index in [1.54, 1.807) is 0 Å². The van der Waals surface area contributed by atoms with Crippen LogP contribution < -0.4 is 0 Å². The molecule has 0 aliphatic heterocycles. The van der Waals surface area contributed by atoms with Gasteiger partial charge in [0.05, 0.1) is 0 Å². The van der Waals surface area contributed by atoms with Crippen LogP contribution in [0.1, 0.15) is 79.0 Å². The quantitative estimate of drug-likeness (QED) is 0.130. The van der Waals surface area contributed by atoms with Gasteiger partial charge in [0.2, 0.25) is 0 Å². The Balaban J connectivity index is 0.000000204. The zero-order chi connectivity index (χ0) is 31.7. The molecule has 3 heteroatoms. The first-order chi connectivity index (χ1) is 20.7. The molecule has 233 valence electrons. The van der Waals surface area contributed by atoms with Gasteiger partial charge in [-0.05, 0) is 56.3 Å². The van der Waals surface area contributed by atoms with Gasteiger partial charge in [-0.1, -0.05) is 122 Å². The van der Waals surface area contributed by atoms with Gasteiger partial charge < -0.3 is 9.97 Å². The number of benzene rings is 4. The van der Waals surface area contributed by atoms with Gasteiger partial charge in [-0.2, -0.15) is 0 Å². The molecule has 0 spiro atoms. The first kappa shape index (κ1) is 34.2. The van der Waals surface area contributed by atoms with E-state index < -0.39 is 0 Å².